The van der Waals surface area contributed by atoms with E-state index >= 15 is 0 Å². The maximum Gasteiger partial charge on any atom is 0.246 e. The van der Waals surface area contributed by atoms with Crippen LogP contribution < -0.4 is 5.32 Å². The van der Waals surface area contributed by atoms with E-state index in [0.717, 1.165) is 13.0 Å². The zero-order chi connectivity index (χ0) is 14.9. The van der Waals surface area contributed by atoms with Gasteiger partial charge in [0, 0.05) is 11.8 Å². The molecule has 0 saturated carbocycles. The molecule has 4 nitrogen and oxygen atoms in total. The summed E-state index contributed by atoms with van der Waals surface area (Å²) in [5.41, 5.74) is -0.244. The molecule has 2 fully saturated rings. The van der Waals surface area contributed by atoms with Gasteiger partial charge in [0.1, 0.15) is 12.1 Å². The summed E-state index contributed by atoms with van der Waals surface area (Å²) in [7, 11) is 0. The van der Waals surface area contributed by atoms with E-state index < -0.39 is 6.04 Å². The predicted molar refractivity (Wildman–Crippen MR) is 82.7 cm³/mol. The summed E-state index contributed by atoms with van der Waals surface area (Å²) in [6, 6.07) is -0.688. The highest BCUT2D eigenvalue weighted by Gasteiger charge is 2.45. The molecule has 0 aromatic rings. The Kier molecular flexibility index (Phi) is 4.67. The normalized spacial score (nSPS) is 31.6. The molecule has 0 aromatic heterocycles. The van der Waals surface area contributed by atoms with Gasteiger partial charge in [-0.2, -0.15) is 11.8 Å². The Balaban J connectivity index is 2.18. The molecular formula is C15H26N2O2S. The molecule has 114 valence electrons. The van der Waals surface area contributed by atoms with Gasteiger partial charge in [0.05, 0.1) is 0 Å². The highest BCUT2D eigenvalue weighted by molar-refractivity contribution is 8.00. The summed E-state index contributed by atoms with van der Waals surface area (Å²) in [4.78, 5) is 26.9. The first-order valence-corrected chi connectivity index (χ1v) is 8.62. The van der Waals surface area contributed by atoms with E-state index in [9.17, 15) is 9.59 Å². The first-order valence-electron chi connectivity index (χ1n) is 7.57. The predicted octanol–water partition coefficient (Wildman–Crippen LogP) is 2.03. The quantitative estimate of drug-likeness (QED) is 0.867. The first-order chi connectivity index (χ1) is 9.34. The SMILES string of the molecule is CCC1C(=O)NC(C(C)(C)C)C(=O)N1CC1CCCS1. The number of hydrogen-bond acceptors (Lipinski definition) is 3. The first kappa shape index (κ1) is 15.7. The molecule has 2 rings (SSSR count). The fourth-order valence-corrected chi connectivity index (χ4v) is 4.24. The number of hydrogen-bond donors (Lipinski definition) is 1. The average Bonchev–Trinajstić information content (AvgIpc) is 2.85. The molecule has 3 unspecified atom stereocenters. The van der Waals surface area contributed by atoms with E-state index in [1.165, 1.54) is 12.2 Å². The maximum absolute atomic E-state index is 12.8. The second kappa shape index (κ2) is 5.96. The lowest BCUT2D eigenvalue weighted by Gasteiger charge is -2.43. The van der Waals surface area contributed by atoms with Gasteiger partial charge in [-0.1, -0.05) is 27.7 Å². The number of thioether (sulfide) groups is 1. The number of piperazine rings is 1. The van der Waals surface area contributed by atoms with Crippen LogP contribution >= 0.6 is 11.8 Å². The lowest BCUT2D eigenvalue weighted by Crippen LogP contribution is -2.67. The number of nitrogens with zero attached hydrogens (tertiary/aromatic N) is 1. The Hall–Kier alpha value is -0.710. The molecule has 2 aliphatic heterocycles. The second-order valence-electron chi connectivity index (χ2n) is 6.86. The zero-order valence-electron chi connectivity index (χ0n) is 12.9. The number of carbonyl (C=O) groups excluding carboxylic acids is 2. The summed E-state index contributed by atoms with van der Waals surface area (Å²) < 4.78 is 0. The van der Waals surface area contributed by atoms with Crippen LogP contribution in [0.1, 0.15) is 47.0 Å². The van der Waals surface area contributed by atoms with Crippen LogP contribution in [0.4, 0.5) is 0 Å². The summed E-state index contributed by atoms with van der Waals surface area (Å²) >= 11 is 1.93. The summed E-state index contributed by atoms with van der Waals surface area (Å²) in [5, 5.41) is 3.42. The molecule has 2 saturated heterocycles. The highest BCUT2D eigenvalue weighted by Crippen LogP contribution is 2.31. The minimum absolute atomic E-state index is 0.00928. The molecule has 0 aromatic carbocycles. The fourth-order valence-electron chi connectivity index (χ4n) is 2.98. The third-order valence-electron chi connectivity index (χ3n) is 4.17. The molecule has 2 amide bonds. The topological polar surface area (TPSA) is 49.4 Å². The van der Waals surface area contributed by atoms with Crippen LogP contribution in [0.2, 0.25) is 0 Å². The molecule has 5 heteroatoms. The van der Waals surface area contributed by atoms with Crippen LogP contribution in [0.5, 0.6) is 0 Å². The largest absolute Gasteiger partial charge is 0.342 e. The van der Waals surface area contributed by atoms with Crippen LogP contribution in [-0.4, -0.2) is 46.3 Å². The second-order valence-corrected chi connectivity index (χ2v) is 8.27. The maximum atomic E-state index is 12.8. The zero-order valence-corrected chi connectivity index (χ0v) is 13.8. The molecule has 1 N–H and O–H groups in total. The lowest BCUT2D eigenvalue weighted by atomic mass is 9.83. The van der Waals surface area contributed by atoms with Gasteiger partial charge >= 0.3 is 0 Å². The lowest BCUT2D eigenvalue weighted by molar-refractivity contribution is -0.152. The van der Waals surface area contributed by atoms with Gasteiger partial charge in [0.25, 0.3) is 0 Å². The van der Waals surface area contributed by atoms with Crippen molar-refractivity contribution in [1.82, 2.24) is 10.2 Å². The van der Waals surface area contributed by atoms with E-state index in [0.29, 0.717) is 11.7 Å². The van der Waals surface area contributed by atoms with Gasteiger partial charge in [0.15, 0.2) is 0 Å². The third-order valence-corrected chi connectivity index (χ3v) is 5.55. The minimum atomic E-state index is -0.399. The van der Waals surface area contributed by atoms with Crippen molar-refractivity contribution in [3.63, 3.8) is 0 Å². The van der Waals surface area contributed by atoms with Gasteiger partial charge in [-0.15, -0.1) is 0 Å². The molecule has 3 atom stereocenters. The van der Waals surface area contributed by atoms with Gasteiger partial charge in [-0.05, 0) is 30.4 Å². The van der Waals surface area contributed by atoms with Crippen LogP contribution in [0.25, 0.3) is 0 Å². The monoisotopic (exact) mass is 298 g/mol. The molecule has 0 aliphatic carbocycles. The average molecular weight is 298 g/mol. The molecule has 2 heterocycles. The smallest absolute Gasteiger partial charge is 0.246 e. The summed E-state index contributed by atoms with van der Waals surface area (Å²) in [5.74, 6) is 1.28. The van der Waals surface area contributed by atoms with Crippen molar-refractivity contribution in [1.29, 1.82) is 0 Å². The van der Waals surface area contributed by atoms with Crippen LogP contribution in [0.3, 0.4) is 0 Å². The van der Waals surface area contributed by atoms with Crippen molar-refractivity contribution < 1.29 is 9.59 Å². The Morgan fingerprint density at radius 3 is 2.55 bits per heavy atom. The Morgan fingerprint density at radius 2 is 2.05 bits per heavy atom. The molecular weight excluding hydrogens is 272 g/mol. The van der Waals surface area contributed by atoms with Crippen molar-refractivity contribution in [2.24, 2.45) is 5.41 Å². The van der Waals surface area contributed by atoms with Crippen LogP contribution in [0.15, 0.2) is 0 Å². The van der Waals surface area contributed by atoms with Crippen molar-refractivity contribution in [2.75, 3.05) is 12.3 Å². The van der Waals surface area contributed by atoms with Crippen LogP contribution in [-0.2, 0) is 9.59 Å². The molecule has 20 heavy (non-hydrogen) atoms. The number of carbonyl (C=O) groups is 2. The highest BCUT2D eigenvalue weighted by atomic mass is 32.2. The van der Waals surface area contributed by atoms with Gasteiger partial charge in [0.2, 0.25) is 11.8 Å². The summed E-state index contributed by atoms with van der Waals surface area (Å²) in [6.45, 7) is 8.71. The molecule has 0 radical (unpaired) electrons. The Bertz CT molecular complexity index is 386. The van der Waals surface area contributed by atoms with Crippen molar-refractivity contribution in [2.45, 2.75) is 64.3 Å². The van der Waals surface area contributed by atoms with Crippen molar-refractivity contribution in [3.05, 3.63) is 0 Å². The third kappa shape index (κ3) is 3.13. The minimum Gasteiger partial charge on any atom is -0.342 e. The van der Waals surface area contributed by atoms with E-state index in [4.69, 9.17) is 0 Å². The Labute approximate surface area is 126 Å². The number of rotatable bonds is 3. The van der Waals surface area contributed by atoms with E-state index in [2.05, 4.69) is 5.32 Å². The van der Waals surface area contributed by atoms with Crippen molar-refractivity contribution in [3.8, 4) is 0 Å². The van der Waals surface area contributed by atoms with E-state index in [1.807, 2.05) is 44.4 Å². The number of nitrogens with one attached hydrogen (secondary N) is 1. The van der Waals surface area contributed by atoms with Crippen LogP contribution in [0, 0.1) is 5.41 Å². The Morgan fingerprint density at radius 1 is 1.35 bits per heavy atom. The fraction of sp³-hybridized carbons (Fsp3) is 0.867. The van der Waals surface area contributed by atoms with Gasteiger partial charge in [-0.3, -0.25) is 9.59 Å². The van der Waals surface area contributed by atoms with Gasteiger partial charge < -0.3 is 10.2 Å². The van der Waals surface area contributed by atoms with Crippen molar-refractivity contribution >= 4 is 23.6 Å². The van der Waals surface area contributed by atoms with E-state index in [-0.39, 0.29) is 23.3 Å². The molecule has 0 spiro atoms. The molecule has 2 aliphatic rings. The number of amides is 2. The standard InChI is InChI=1S/C15H26N2O2S/c1-5-11-13(18)16-12(15(2,3)4)14(19)17(11)9-10-7-6-8-20-10/h10-12H,5-9H2,1-4H3,(H,16,18). The van der Waals surface area contributed by atoms with E-state index in [1.54, 1.807) is 0 Å². The van der Waals surface area contributed by atoms with Gasteiger partial charge in [-0.25, -0.2) is 0 Å². The summed E-state index contributed by atoms with van der Waals surface area (Å²) in [6.07, 6.45) is 3.07. The molecule has 0 bridgehead atoms.